The maximum absolute atomic E-state index is 5.41. The molecule has 0 unspecified atom stereocenters. The Morgan fingerprint density at radius 3 is 2.84 bits per heavy atom. The van der Waals surface area contributed by atoms with E-state index in [0.29, 0.717) is 11.7 Å². The van der Waals surface area contributed by atoms with Crippen molar-refractivity contribution in [2.24, 2.45) is 0 Å². The molecule has 1 saturated heterocycles. The van der Waals surface area contributed by atoms with E-state index in [-0.39, 0.29) is 0 Å². The van der Waals surface area contributed by atoms with E-state index in [4.69, 9.17) is 4.52 Å². The summed E-state index contributed by atoms with van der Waals surface area (Å²) >= 11 is 0. The molecule has 0 radical (unpaired) electrons. The van der Waals surface area contributed by atoms with Crippen molar-refractivity contribution in [2.45, 2.75) is 32.1 Å². The molecule has 1 N–H and O–H groups in total. The third kappa shape index (κ3) is 2.68. The van der Waals surface area contributed by atoms with E-state index in [1.54, 1.807) is 0 Å². The van der Waals surface area contributed by atoms with E-state index in [0.717, 1.165) is 37.4 Å². The molecule has 0 spiro atoms. The third-order valence-electron chi connectivity index (χ3n) is 3.71. The minimum atomic E-state index is 0.366. The summed E-state index contributed by atoms with van der Waals surface area (Å²) < 4.78 is 5.41. The van der Waals surface area contributed by atoms with E-state index < -0.39 is 0 Å². The van der Waals surface area contributed by atoms with Crippen LogP contribution >= 0.6 is 0 Å². The first-order valence-electron chi connectivity index (χ1n) is 7.00. The molecular formula is C15H19N3O. The third-order valence-corrected chi connectivity index (χ3v) is 3.71. The Morgan fingerprint density at radius 2 is 2.16 bits per heavy atom. The maximum Gasteiger partial charge on any atom is 0.231 e. The summed E-state index contributed by atoms with van der Waals surface area (Å²) in [6.45, 7) is 4.18. The number of piperidine rings is 1. The zero-order chi connectivity index (χ0) is 13.1. The van der Waals surface area contributed by atoms with Crippen molar-refractivity contribution in [1.82, 2.24) is 15.5 Å². The molecule has 19 heavy (non-hydrogen) atoms. The van der Waals surface area contributed by atoms with Gasteiger partial charge < -0.3 is 9.84 Å². The van der Waals surface area contributed by atoms with E-state index in [9.17, 15) is 0 Å². The van der Waals surface area contributed by atoms with Gasteiger partial charge in [0.2, 0.25) is 11.7 Å². The van der Waals surface area contributed by atoms with Crippen LogP contribution in [-0.2, 0) is 6.42 Å². The van der Waals surface area contributed by atoms with Gasteiger partial charge in [-0.3, -0.25) is 0 Å². The van der Waals surface area contributed by atoms with Gasteiger partial charge in [-0.15, -0.1) is 0 Å². The topological polar surface area (TPSA) is 51.0 Å². The number of nitrogens with one attached hydrogen (secondary N) is 1. The minimum Gasteiger partial charge on any atom is -0.339 e. The van der Waals surface area contributed by atoms with Crippen molar-refractivity contribution < 1.29 is 4.52 Å². The molecule has 2 heterocycles. The van der Waals surface area contributed by atoms with Crippen LogP contribution in [0.4, 0.5) is 0 Å². The number of hydrogen-bond donors (Lipinski definition) is 1. The average Bonchev–Trinajstić information content (AvgIpc) is 2.98. The fourth-order valence-electron chi connectivity index (χ4n) is 2.47. The van der Waals surface area contributed by atoms with E-state index >= 15 is 0 Å². The second kappa shape index (κ2) is 5.53. The van der Waals surface area contributed by atoms with Crippen LogP contribution in [0.1, 0.15) is 37.1 Å². The number of rotatable bonds is 3. The van der Waals surface area contributed by atoms with Crippen LogP contribution in [0, 0.1) is 0 Å². The molecule has 1 aromatic heterocycles. The maximum atomic E-state index is 5.41. The molecule has 2 aromatic rings. The Morgan fingerprint density at radius 1 is 1.32 bits per heavy atom. The Hall–Kier alpha value is -1.68. The van der Waals surface area contributed by atoms with Crippen LogP contribution < -0.4 is 5.32 Å². The van der Waals surface area contributed by atoms with Gasteiger partial charge in [0.15, 0.2) is 0 Å². The van der Waals surface area contributed by atoms with Crippen molar-refractivity contribution in [3.8, 4) is 11.4 Å². The van der Waals surface area contributed by atoms with Crippen LogP contribution in [0.2, 0.25) is 0 Å². The molecule has 0 aliphatic carbocycles. The zero-order valence-corrected chi connectivity index (χ0v) is 11.2. The first kappa shape index (κ1) is 12.4. The number of hydrogen-bond acceptors (Lipinski definition) is 4. The van der Waals surface area contributed by atoms with Gasteiger partial charge in [0.1, 0.15) is 0 Å². The highest BCUT2D eigenvalue weighted by Gasteiger charge is 2.21. The van der Waals surface area contributed by atoms with Gasteiger partial charge in [-0.2, -0.15) is 4.98 Å². The molecule has 0 amide bonds. The summed E-state index contributed by atoms with van der Waals surface area (Å²) in [4.78, 5) is 4.54. The number of aromatic nitrogens is 2. The molecule has 1 aliphatic rings. The highest BCUT2D eigenvalue weighted by Crippen LogP contribution is 2.24. The highest BCUT2D eigenvalue weighted by molar-refractivity contribution is 5.54. The van der Waals surface area contributed by atoms with Gasteiger partial charge >= 0.3 is 0 Å². The lowest BCUT2D eigenvalue weighted by molar-refractivity contribution is 0.322. The normalized spacial score (nSPS) is 19.5. The summed E-state index contributed by atoms with van der Waals surface area (Å²) in [5.74, 6) is 1.83. The van der Waals surface area contributed by atoms with E-state index in [1.165, 1.54) is 12.0 Å². The van der Waals surface area contributed by atoms with Gasteiger partial charge in [0.05, 0.1) is 5.92 Å². The molecule has 100 valence electrons. The SMILES string of the molecule is CCc1ccc(-c2noc([C@@H]3CCCNC3)n2)cc1. The van der Waals surface area contributed by atoms with Gasteiger partial charge in [0, 0.05) is 12.1 Å². The monoisotopic (exact) mass is 257 g/mol. The van der Waals surface area contributed by atoms with Crippen LogP contribution in [-0.4, -0.2) is 23.2 Å². The number of nitrogens with zero attached hydrogens (tertiary/aromatic N) is 2. The Bertz CT molecular complexity index is 527. The molecule has 3 rings (SSSR count). The summed E-state index contributed by atoms with van der Waals surface area (Å²) in [7, 11) is 0. The fourth-order valence-corrected chi connectivity index (χ4v) is 2.47. The fraction of sp³-hybridized carbons (Fsp3) is 0.467. The standard InChI is InChI=1S/C15H19N3O/c1-2-11-5-7-12(8-6-11)14-17-15(19-18-14)13-4-3-9-16-10-13/h5-8,13,16H,2-4,9-10H2,1H3/t13-/m1/s1. The Labute approximate surface area is 113 Å². The van der Waals surface area contributed by atoms with Crippen LogP contribution in [0.15, 0.2) is 28.8 Å². The molecule has 1 aliphatic heterocycles. The largest absolute Gasteiger partial charge is 0.339 e. The lowest BCUT2D eigenvalue weighted by Gasteiger charge is -2.18. The van der Waals surface area contributed by atoms with Crippen LogP contribution in [0.25, 0.3) is 11.4 Å². The molecule has 1 fully saturated rings. The van der Waals surface area contributed by atoms with Gasteiger partial charge in [-0.25, -0.2) is 0 Å². The smallest absolute Gasteiger partial charge is 0.231 e. The second-order valence-electron chi connectivity index (χ2n) is 5.05. The van der Waals surface area contributed by atoms with E-state index in [2.05, 4.69) is 46.6 Å². The highest BCUT2D eigenvalue weighted by atomic mass is 16.5. The lowest BCUT2D eigenvalue weighted by Crippen LogP contribution is -2.28. The summed E-state index contributed by atoms with van der Waals surface area (Å²) in [5.41, 5.74) is 2.35. The van der Waals surface area contributed by atoms with E-state index in [1.807, 2.05) is 0 Å². The summed E-state index contributed by atoms with van der Waals surface area (Å²) in [5, 5.41) is 7.47. The predicted octanol–water partition coefficient (Wildman–Crippen LogP) is 2.77. The first-order valence-corrected chi connectivity index (χ1v) is 7.00. The Balaban J connectivity index is 1.79. The molecule has 0 bridgehead atoms. The van der Waals surface area contributed by atoms with Crippen LogP contribution in [0.5, 0.6) is 0 Å². The van der Waals surface area contributed by atoms with Crippen LogP contribution in [0.3, 0.4) is 0 Å². The van der Waals surface area contributed by atoms with Crippen molar-refractivity contribution in [3.05, 3.63) is 35.7 Å². The van der Waals surface area contributed by atoms with Crippen molar-refractivity contribution in [2.75, 3.05) is 13.1 Å². The van der Waals surface area contributed by atoms with Crippen molar-refractivity contribution >= 4 is 0 Å². The predicted molar refractivity (Wildman–Crippen MR) is 74.0 cm³/mol. The van der Waals surface area contributed by atoms with Crippen molar-refractivity contribution in [1.29, 1.82) is 0 Å². The van der Waals surface area contributed by atoms with Gasteiger partial charge in [0.25, 0.3) is 0 Å². The quantitative estimate of drug-likeness (QED) is 0.918. The lowest BCUT2D eigenvalue weighted by atomic mass is 10.00. The summed E-state index contributed by atoms with van der Waals surface area (Å²) in [6, 6.07) is 8.36. The number of aryl methyl sites for hydroxylation is 1. The second-order valence-corrected chi connectivity index (χ2v) is 5.05. The van der Waals surface area contributed by atoms with Gasteiger partial charge in [-0.1, -0.05) is 36.3 Å². The van der Waals surface area contributed by atoms with Crippen molar-refractivity contribution in [3.63, 3.8) is 0 Å². The first-order chi connectivity index (χ1) is 9.36. The molecule has 4 nitrogen and oxygen atoms in total. The number of benzene rings is 1. The summed E-state index contributed by atoms with van der Waals surface area (Å²) in [6.07, 6.45) is 3.35. The zero-order valence-electron chi connectivity index (χ0n) is 11.2. The average molecular weight is 257 g/mol. The minimum absolute atomic E-state index is 0.366. The molecule has 1 aromatic carbocycles. The molecule has 0 saturated carbocycles. The molecule has 1 atom stereocenters. The Kier molecular flexibility index (Phi) is 3.60. The van der Waals surface area contributed by atoms with Gasteiger partial charge in [-0.05, 0) is 31.4 Å². The molecular weight excluding hydrogens is 238 g/mol. The molecule has 4 heteroatoms.